The van der Waals surface area contributed by atoms with Crippen molar-refractivity contribution >= 4 is 43.6 Å². The molecule has 0 spiro atoms. The average molecular weight is 792 g/mol. The first-order valence-electron chi connectivity index (χ1n) is 20.9. The lowest BCUT2D eigenvalue weighted by Gasteiger charge is -2.16. The summed E-state index contributed by atoms with van der Waals surface area (Å²) >= 11 is 0. The highest BCUT2D eigenvalue weighted by atomic mass is 15.2. The van der Waals surface area contributed by atoms with Gasteiger partial charge in [-0.25, -0.2) is 4.98 Å². The molecule has 290 valence electrons. The molecule has 0 unspecified atom stereocenters. The summed E-state index contributed by atoms with van der Waals surface area (Å²) in [4.78, 5) is 15.7. The molecule has 3 heterocycles. The van der Waals surface area contributed by atoms with Crippen LogP contribution in [-0.2, 0) is 0 Å². The number of benzene rings is 9. The van der Waals surface area contributed by atoms with E-state index in [-0.39, 0.29) is 0 Å². The lowest BCUT2D eigenvalue weighted by Crippen LogP contribution is -2.07. The first-order chi connectivity index (χ1) is 30.7. The maximum Gasteiger partial charge on any atom is 0.238 e. The van der Waals surface area contributed by atoms with Gasteiger partial charge in [0.15, 0.2) is 11.6 Å². The van der Waals surface area contributed by atoms with Gasteiger partial charge < -0.3 is 4.57 Å². The monoisotopic (exact) mass is 791 g/mol. The van der Waals surface area contributed by atoms with Crippen molar-refractivity contribution in [1.29, 1.82) is 0 Å². The van der Waals surface area contributed by atoms with E-state index in [4.69, 9.17) is 15.0 Å². The van der Waals surface area contributed by atoms with Crippen molar-refractivity contribution in [2.45, 2.75) is 0 Å². The molecule has 3 aromatic heterocycles. The Labute approximate surface area is 358 Å². The van der Waals surface area contributed by atoms with Gasteiger partial charge in [-0.1, -0.05) is 194 Å². The first kappa shape index (κ1) is 35.5. The molecule has 0 aliphatic heterocycles. The number of fused-ring (bicyclic) bond motifs is 7. The highest BCUT2D eigenvalue weighted by Gasteiger charge is 2.24. The van der Waals surface area contributed by atoms with Crippen LogP contribution >= 0.6 is 0 Å². The topological polar surface area (TPSA) is 48.5 Å². The number of aromatic nitrogens is 5. The van der Waals surface area contributed by atoms with Gasteiger partial charge in [-0.3, -0.25) is 4.57 Å². The highest BCUT2D eigenvalue weighted by molar-refractivity contribution is 6.23. The van der Waals surface area contributed by atoms with Gasteiger partial charge in [-0.15, -0.1) is 0 Å². The van der Waals surface area contributed by atoms with E-state index in [0.29, 0.717) is 17.6 Å². The van der Waals surface area contributed by atoms with Crippen molar-refractivity contribution in [2.75, 3.05) is 0 Å². The molecule has 0 fully saturated rings. The minimum atomic E-state index is 0.561. The Kier molecular flexibility index (Phi) is 8.42. The third kappa shape index (κ3) is 5.98. The molecule has 0 atom stereocenters. The fraction of sp³-hybridized carbons (Fsp3) is 0. The third-order valence-electron chi connectivity index (χ3n) is 12.0. The summed E-state index contributed by atoms with van der Waals surface area (Å²) in [5.74, 6) is 1.80. The lowest BCUT2D eigenvalue weighted by atomic mass is 9.96. The smallest absolute Gasteiger partial charge is 0.238 e. The maximum atomic E-state index is 5.30. The van der Waals surface area contributed by atoms with Crippen LogP contribution in [0.25, 0.3) is 111 Å². The van der Waals surface area contributed by atoms with Crippen LogP contribution in [-0.4, -0.2) is 24.1 Å². The predicted molar refractivity (Wildman–Crippen MR) is 256 cm³/mol. The quantitative estimate of drug-likeness (QED) is 0.162. The predicted octanol–water partition coefficient (Wildman–Crippen LogP) is 14.4. The Bertz CT molecular complexity index is 3540. The SMILES string of the molecule is c1ccc(-c2ccc(-c3cc(-c4ccccc4)cc(-n4c5ccccc5c5ccc6c7ccccc7n(-c7nc(-c8ccccc8)nc(-c8ccccc8)n7)c6c54)c3)cc2)cc1. The van der Waals surface area contributed by atoms with E-state index in [9.17, 15) is 0 Å². The van der Waals surface area contributed by atoms with Gasteiger partial charge in [-0.05, 0) is 63.7 Å². The van der Waals surface area contributed by atoms with Gasteiger partial charge in [0.2, 0.25) is 5.95 Å². The van der Waals surface area contributed by atoms with Crippen molar-refractivity contribution in [3.8, 4) is 67.8 Å². The Morgan fingerprint density at radius 3 is 1.13 bits per heavy atom. The molecule has 0 N–H and O–H groups in total. The van der Waals surface area contributed by atoms with E-state index in [1.165, 1.54) is 16.5 Å². The van der Waals surface area contributed by atoms with Crippen LogP contribution in [0.5, 0.6) is 0 Å². The molecule has 12 aromatic rings. The van der Waals surface area contributed by atoms with Gasteiger partial charge >= 0.3 is 0 Å². The molecule has 0 amide bonds. The van der Waals surface area contributed by atoms with Gasteiger partial charge in [0, 0.05) is 38.4 Å². The molecule has 0 aliphatic rings. The fourth-order valence-corrected chi connectivity index (χ4v) is 9.06. The van der Waals surface area contributed by atoms with E-state index in [1.807, 2.05) is 36.4 Å². The average Bonchev–Trinajstić information content (AvgIpc) is 3.88. The second-order valence-electron chi connectivity index (χ2n) is 15.7. The highest BCUT2D eigenvalue weighted by Crippen LogP contribution is 2.43. The maximum absolute atomic E-state index is 5.30. The number of hydrogen-bond acceptors (Lipinski definition) is 3. The Morgan fingerprint density at radius 2 is 0.629 bits per heavy atom. The van der Waals surface area contributed by atoms with E-state index in [0.717, 1.165) is 77.3 Å². The Hall–Kier alpha value is -8.41. The number of nitrogens with zero attached hydrogens (tertiary/aromatic N) is 5. The van der Waals surface area contributed by atoms with Crippen LogP contribution in [0, 0.1) is 0 Å². The van der Waals surface area contributed by atoms with Gasteiger partial charge in [0.05, 0.1) is 22.1 Å². The molecule has 0 aliphatic carbocycles. The number of rotatable bonds is 7. The zero-order chi connectivity index (χ0) is 41.0. The summed E-state index contributed by atoms with van der Waals surface area (Å²) in [5.41, 5.74) is 14.1. The summed E-state index contributed by atoms with van der Waals surface area (Å²) in [7, 11) is 0. The standard InChI is InChI=1S/C57H37N5/c1-5-17-38(18-6-1)40-29-31-41(32-30-40)45-35-44(39-19-7-2-8-20-39)36-46(37-45)61-51-27-15-13-25-47(51)49-33-34-50-48-26-14-16-28-52(48)62(54(50)53(49)61)57-59-55(42-21-9-3-10-22-42)58-56(60-57)43-23-11-4-12-24-43/h1-37H. The van der Waals surface area contributed by atoms with Gasteiger partial charge in [-0.2, -0.15) is 9.97 Å². The van der Waals surface area contributed by atoms with Crippen LogP contribution in [0.1, 0.15) is 0 Å². The van der Waals surface area contributed by atoms with E-state index >= 15 is 0 Å². The third-order valence-corrected chi connectivity index (χ3v) is 12.0. The number of para-hydroxylation sites is 2. The van der Waals surface area contributed by atoms with Gasteiger partial charge in [0.25, 0.3) is 0 Å². The molecule has 0 bridgehead atoms. The molecule has 12 rings (SSSR count). The lowest BCUT2D eigenvalue weighted by molar-refractivity contribution is 0.953. The van der Waals surface area contributed by atoms with Crippen molar-refractivity contribution in [3.05, 3.63) is 224 Å². The fourth-order valence-electron chi connectivity index (χ4n) is 9.06. The second kappa shape index (κ2) is 14.7. The summed E-state index contributed by atoms with van der Waals surface area (Å²) in [6.45, 7) is 0. The molecular formula is C57H37N5. The minimum Gasteiger partial charge on any atom is -0.307 e. The molecule has 0 radical (unpaired) electrons. The van der Waals surface area contributed by atoms with Crippen LogP contribution in [0.15, 0.2) is 224 Å². The molecule has 5 heteroatoms. The Morgan fingerprint density at radius 1 is 0.258 bits per heavy atom. The molecule has 0 saturated carbocycles. The largest absolute Gasteiger partial charge is 0.307 e. The summed E-state index contributed by atoms with van der Waals surface area (Å²) in [6, 6.07) is 79.4. The molecular weight excluding hydrogens is 755 g/mol. The molecule has 62 heavy (non-hydrogen) atoms. The zero-order valence-corrected chi connectivity index (χ0v) is 33.6. The molecule has 0 saturated heterocycles. The van der Waals surface area contributed by atoms with E-state index in [2.05, 4.69) is 197 Å². The molecule has 9 aromatic carbocycles. The first-order valence-corrected chi connectivity index (χ1v) is 20.9. The summed E-state index contributed by atoms with van der Waals surface area (Å²) in [6.07, 6.45) is 0. The molecule has 5 nitrogen and oxygen atoms in total. The van der Waals surface area contributed by atoms with Crippen molar-refractivity contribution in [3.63, 3.8) is 0 Å². The zero-order valence-electron chi connectivity index (χ0n) is 33.6. The second-order valence-corrected chi connectivity index (χ2v) is 15.7. The van der Waals surface area contributed by atoms with E-state index in [1.54, 1.807) is 0 Å². The Balaban J connectivity index is 1.18. The van der Waals surface area contributed by atoms with Crippen LogP contribution < -0.4 is 0 Å². The van der Waals surface area contributed by atoms with Gasteiger partial charge in [0.1, 0.15) is 0 Å². The summed E-state index contributed by atoms with van der Waals surface area (Å²) < 4.78 is 4.71. The van der Waals surface area contributed by atoms with Crippen LogP contribution in [0.2, 0.25) is 0 Å². The van der Waals surface area contributed by atoms with Crippen molar-refractivity contribution in [2.24, 2.45) is 0 Å². The van der Waals surface area contributed by atoms with E-state index < -0.39 is 0 Å². The van der Waals surface area contributed by atoms with Crippen LogP contribution in [0.4, 0.5) is 0 Å². The minimum absolute atomic E-state index is 0.561. The normalized spacial score (nSPS) is 11.5. The van der Waals surface area contributed by atoms with Crippen LogP contribution in [0.3, 0.4) is 0 Å². The van der Waals surface area contributed by atoms with Crippen molar-refractivity contribution in [1.82, 2.24) is 24.1 Å². The van der Waals surface area contributed by atoms with Crippen molar-refractivity contribution < 1.29 is 0 Å². The number of hydrogen-bond donors (Lipinski definition) is 0. The summed E-state index contributed by atoms with van der Waals surface area (Å²) in [5, 5.41) is 4.57.